The second kappa shape index (κ2) is 4.09. The summed E-state index contributed by atoms with van der Waals surface area (Å²) in [7, 11) is 0. The molecule has 1 atom stereocenters. The van der Waals surface area contributed by atoms with Crippen molar-refractivity contribution in [1.82, 2.24) is 5.32 Å². The van der Waals surface area contributed by atoms with Gasteiger partial charge in [0.25, 0.3) is 0 Å². The number of hydrogen-bond donors (Lipinski definition) is 1. The van der Waals surface area contributed by atoms with Gasteiger partial charge in [0.1, 0.15) is 0 Å². The average Bonchev–Trinajstić information content (AvgIpc) is 1.87. The Morgan fingerprint density at radius 1 is 1.60 bits per heavy atom. The van der Waals surface area contributed by atoms with Crippen LogP contribution in [-0.4, -0.2) is 11.9 Å². The van der Waals surface area contributed by atoms with Gasteiger partial charge in [-0.1, -0.05) is 20.4 Å². The topological polar surface area (TPSA) is 29.1 Å². The molecule has 1 amide bonds. The summed E-state index contributed by atoms with van der Waals surface area (Å²) in [6, 6.07) is 0.144. The van der Waals surface area contributed by atoms with Crippen LogP contribution >= 0.6 is 0 Å². The predicted molar refractivity (Wildman–Crippen MR) is 42.4 cm³/mol. The number of hydrogen-bond acceptors (Lipinski definition) is 1. The van der Waals surface area contributed by atoms with Crippen LogP contribution in [0.3, 0.4) is 0 Å². The standard InChI is InChI=1S/C8H14NO/c1-5-8(10)9-7(4)6(2)3/h5,7H,1H2,2-4H3,(H,9,10). The molecule has 57 valence electrons. The third-order valence-electron chi connectivity index (χ3n) is 1.41. The molecule has 0 saturated carbocycles. The summed E-state index contributed by atoms with van der Waals surface area (Å²) in [6.45, 7) is 9.25. The van der Waals surface area contributed by atoms with Gasteiger partial charge in [0.05, 0.1) is 0 Å². The molecule has 0 saturated heterocycles. The van der Waals surface area contributed by atoms with Gasteiger partial charge in [-0.3, -0.25) is 4.79 Å². The maximum atomic E-state index is 10.7. The molecule has 0 rings (SSSR count). The van der Waals surface area contributed by atoms with Crippen molar-refractivity contribution in [2.45, 2.75) is 26.8 Å². The molecule has 1 radical (unpaired) electrons. The quantitative estimate of drug-likeness (QED) is 0.588. The highest BCUT2D eigenvalue weighted by Crippen LogP contribution is 2.01. The average molecular weight is 140 g/mol. The zero-order chi connectivity index (χ0) is 8.15. The first-order valence-electron chi connectivity index (χ1n) is 3.31. The number of amides is 1. The van der Waals surface area contributed by atoms with Gasteiger partial charge >= 0.3 is 0 Å². The first-order chi connectivity index (χ1) is 4.57. The smallest absolute Gasteiger partial charge is 0.243 e. The number of nitrogens with one attached hydrogen (secondary N) is 1. The molecule has 0 aliphatic carbocycles. The van der Waals surface area contributed by atoms with E-state index in [9.17, 15) is 4.79 Å². The molecular weight excluding hydrogens is 126 g/mol. The van der Waals surface area contributed by atoms with Crippen LogP contribution in [0.25, 0.3) is 0 Å². The molecule has 0 aliphatic rings. The lowest BCUT2D eigenvalue weighted by Crippen LogP contribution is -2.33. The Balaban J connectivity index is 3.67. The zero-order valence-corrected chi connectivity index (χ0v) is 6.77. The highest BCUT2D eigenvalue weighted by Gasteiger charge is 2.07. The minimum atomic E-state index is -0.117. The molecule has 10 heavy (non-hydrogen) atoms. The van der Waals surface area contributed by atoms with E-state index in [-0.39, 0.29) is 11.9 Å². The second-order valence-electron chi connectivity index (χ2n) is 2.51. The van der Waals surface area contributed by atoms with Crippen molar-refractivity contribution in [2.75, 3.05) is 0 Å². The maximum Gasteiger partial charge on any atom is 0.243 e. The van der Waals surface area contributed by atoms with E-state index in [0.29, 0.717) is 0 Å². The van der Waals surface area contributed by atoms with Gasteiger partial charge in [-0.05, 0) is 18.9 Å². The summed E-state index contributed by atoms with van der Waals surface area (Å²) in [5.74, 6) is 1.07. The van der Waals surface area contributed by atoms with Crippen molar-refractivity contribution < 1.29 is 4.79 Å². The zero-order valence-electron chi connectivity index (χ0n) is 6.77. The molecule has 0 heterocycles. The summed E-state index contributed by atoms with van der Waals surface area (Å²) in [6.07, 6.45) is 1.28. The molecule has 1 N–H and O–H groups in total. The summed E-state index contributed by atoms with van der Waals surface area (Å²) in [5, 5.41) is 2.73. The van der Waals surface area contributed by atoms with Crippen molar-refractivity contribution >= 4 is 5.91 Å². The monoisotopic (exact) mass is 140 g/mol. The SMILES string of the molecule is C=CC(=O)NC(C)[C](C)C. The highest BCUT2D eigenvalue weighted by atomic mass is 16.1. The van der Waals surface area contributed by atoms with Crippen molar-refractivity contribution in [3.05, 3.63) is 18.6 Å². The van der Waals surface area contributed by atoms with E-state index in [1.165, 1.54) is 12.0 Å². The fraction of sp³-hybridized carbons (Fsp3) is 0.500. The molecule has 0 spiro atoms. The van der Waals surface area contributed by atoms with Gasteiger partial charge in [-0.25, -0.2) is 0 Å². The van der Waals surface area contributed by atoms with E-state index in [1.54, 1.807) is 0 Å². The third kappa shape index (κ3) is 3.28. The van der Waals surface area contributed by atoms with Gasteiger partial charge in [0.2, 0.25) is 5.91 Å². The molecule has 0 fully saturated rings. The second-order valence-corrected chi connectivity index (χ2v) is 2.51. The maximum absolute atomic E-state index is 10.7. The molecule has 0 bridgehead atoms. The van der Waals surface area contributed by atoms with Gasteiger partial charge in [0, 0.05) is 6.04 Å². The minimum absolute atomic E-state index is 0.117. The lowest BCUT2D eigenvalue weighted by atomic mass is 10.1. The van der Waals surface area contributed by atoms with Crippen molar-refractivity contribution in [1.29, 1.82) is 0 Å². The molecule has 0 aromatic carbocycles. The van der Waals surface area contributed by atoms with Crippen molar-refractivity contribution in [2.24, 2.45) is 0 Å². The summed E-state index contributed by atoms with van der Waals surface area (Å²) < 4.78 is 0. The van der Waals surface area contributed by atoms with Gasteiger partial charge in [-0.2, -0.15) is 0 Å². The predicted octanol–water partition coefficient (Wildman–Crippen LogP) is 1.29. The van der Waals surface area contributed by atoms with Crippen LogP contribution in [0.2, 0.25) is 0 Å². The van der Waals surface area contributed by atoms with Crippen molar-refractivity contribution in [3.63, 3.8) is 0 Å². The van der Waals surface area contributed by atoms with Crippen LogP contribution < -0.4 is 5.32 Å². The Bertz CT molecular complexity index is 129. The van der Waals surface area contributed by atoms with Crippen LogP contribution in [-0.2, 0) is 4.79 Å². The largest absolute Gasteiger partial charge is 0.350 e. The Hall–Kier alpha value is -0.790. The molecule has 0 aromatic rings. The van der Waals surface area contributed by atoms with Crippen LogP contribution in [0.1, 0.15) is 20.8 Å². The van der Waals surface area contributed by atoms with E-state index in [0.717, 1.165) is 0 Å². The fourth-order valence-electron chi connectivity index (χ4n) is 0.417. The molecule has 0 aliphatic heterocycles. The lowest BCUT2D eigenvalue weighted by Gasteiger charge is -2.14. The van der Waals surface area contributed by atoms with Gasteiger partial charge in [0.15, 0.2) is 0 Å². The minimum Gasteiger partial charge on any atom is -0.350 e. The Morgan fingerprint density at radius 2 is 2.10 bits per heavy atom. The molecule has 2 nitrogen and oxygen atoms in total. The Kier molecular flexibility index (Phi) is 3.77. The first kappa shape index (κ1) is 9.21. The van der Waals surface area contributed by atoms with Crippen LogP contribution in [0.4, 0.5) is 0 Å². The normalized spacial score (nSPS) is 12.8. The molecular formula is C8H14NO. The molecule has 0 aromatic heterocycles. The number of carbonyl (C=O) groups excluding carboxylic acids is 1. The van der Waals surface area contributed by atoms with E-state index < -0.39 is 0 Å². The van der Waals surface area contributed by atoms with Crippen LogP contribution in [0.15, 0.2) is 12.7 Å². The molecule has 2 heteroatoms. The van der Waals surface area contributed by atoms with E-state index in [2.05, 4.69) is 11.9 Å². The highest BCUT2D eigenvalue weighted by molar-refractivity contribution is 5.87. The van der Waals surface area contributed by atoms with Gasteiger partial charge < -0.3 is 5.32 Å². The summed E-state index contributed by atoms with van der Waals surface area (Å²) in [4.78, 5) is 10.7. The van der Waals surface area contributed by atoms with E-state index in [1.807, 2.05) is 20.8 Å². The van der Waals surface area contributed by atoms with Crippen molar-refractivity contribution in [3.8, 4) is 0 Å². The fourth-order valence-corrected chi connectivity index (χ4v) is 0.417. The van der Waals surface area contributed by atoms with Crippen LogP contribution in [0.5, 0.6) is 0 Å². The Morgan fingerprint density at radius 3 is 2.40 bits per heavy atom. The molecule has 1 unspecified atom stereocenters. The number of rotatable bonds is 3. The first-order valence-corrected chi connectivity index (χ1v) is 3.31. The Labute approximate surface area is 62.3 Å². The van der Waals surface area contributed by atoms with E-state index >= 15 is 0 Å². The lowest BCUT2D eigenvalue weighted by molar-refractivity contribution is -0.116. The summed E-state index contributed by atoms with van der Waals surface area (Å²) >= 11 is 0. The summed E-state index contributed by atoms with van der Waals surface area (Å²) in [5.41, 5.74) is 0. The van der Waals surface area contributed by atoms with Gasteiger partial charge in [-0.15, -0.1) is 0 Å². The van der Waals surface area contributed by atoms with E-state index in [4.69, 9.17) is 0 Å². The number of carbonyl (C=O) groups is 1. The third-order valence-corrected chi connectivity index (χ3v) is 1.41. The van der Waals surface area contributed by atoms with Crippen LogP contribution in [0, 0.1) is 5.92 Å².